The van der Waals surface area contributed by atoms with Crippen molar-refractivity contribution in [2.45, 2.75) is 38.6 Å². The molecule has 1 rings (SSSR count). The summed E-state index contributed by atoms with van der Waals surface area (Å²) in [5, 5.41) is 0. The molecular weight excluding hydrogens is 180 g/mol. The number of hydrogen-bond donors (Lipinski definition) is 2. The van der Waals surface area contributed by atoms with Crippen LogP contribution >= 0.6 is 0 Å². The standard InChI is InChI=1S/C10H18N2O2/c1-2-3-4-5-8-6-11-12-10(8)9(14)7-13/h7-8,10-12H,2-6H2,1H3. The number of aldehydes is 1. The van der Waals surface area contributed by atoms with Crippen LogP contribution in [0.3, 0.4) is 0 Å². The van der Waals surface area contributed by atoms with Crippen LogP contribution in [-0.2, 0) is 9.59 Å². The lowest BCUT2D eigenvalue weighted by Gasteiger charge is -2.13. The Kier molecular flexibility index (Phi) is 4.76. The molecule has 0 aromatic rings. The van der Waals surface area contributed by atoms with Crippen LogP contribution in [0.2, 0.25) is 0 Å². The van der Waals surface area contributed by atoms with Crippen molar-refractivity contribution in [1.29, 1.82) is 0 Å². The average molecular weight is 198 g/mol. The smallest absolute Gasteiger partial charge is 0.213 e. The number of carbonyl (C=O) groups is 2. The van der Waals surface area contributed by atoms with Gasteiger partial charge in [-0.25, -0.2) is 5.43 Å². The SMILES string of the molecule is CCCCCC1CNNC1C(=O)C=O. The second-order valence-electron chi connectivity index (χ2n) is 3.78. The lowest BCUT2D eigenvalue weighted by Crippen LogP contribution is -2.39. The first-order valence-corrected chi connectivity index (χ1v) is 5.27. The van der Waals surface area contributed by atoms with Crippen LogP contribution in [0.1, 0.15) is 32.6 Å². The van der Waals surface area contributed by atoms with Crippen LogP contribution in [0.5, 0.6) is 0 Å². The second-order valence-corrected chi connectivity index (χ2v) is 3.78. The molecule has 1 aliphatic rings. The van der Waals surface area contributed by atoms with Crippen molar-refractivity contribution in [3.63, 3.8) is 0 Å². The second kappa shape index (κ2) is 5.88. The first-order chi connectivity index (χ1) is 6.79. The van der Waals surface area contributed by atoms with Crippen molar-refractivity contribution in [3.8, 4) is 0 Å². The van der Waals surface area contributed by atoms with Gasteiger partial charge < -0.3 is 0 Å². The largest absolute Gasteiger partial charge is 0.295 e. The molecule has 1 heterocycles. The van der Waals surface area contributed by atoms with E-state index in [0.29, 0.717) is 6.29 Å². The molecule has 2 atom stereocenters. The van der Waals surface area contributed by atoms with Gasteiger partial charge >= 0.3 is 0 Å². The minimum absolute atomic E-state index is 0.277. The van der Waals surface area contributed by atoms with Crippen LogP contribution in [-0.4, -0.2) is 24.7 Å². The lowest BCUT2D eigenvalue weighted by atomic mass is 9.93. The quantitative estimate of drug-likeness (QED) is 0.369. The summed E-state index contributed by atoms with van der Waals surface area (Å²) < 4.78 is 0. The number of nitrogens with one attached hydrogen (secondary N) is 2. The summed E-state index contributed by atoms with van der Waals surface area (Å²) in [5.74, 6) is -0.0595. The highest BCUT2D eigenvalue weighted by atomic mass is 16.2. The molecule has 1 aliphatic heterocycles. The Morgan fingerprint density at radius 3 is 2.93 bits per heavy atom. The predicted molar refractivity (Wildman–Crippen MR) is 53.6 cm³/mol. The third-order valence-electron chi connectivity index (χ3n) is 2.69. The number of hydrogen-bond acceptors (Lipinski definition) is 4. The van der Waals surface area contributed by atoms with Gasteiger partial charge in [-0.3, -0.25) is 15.0 Å². The normalized spacial score (nSPS) is 26.4. The Labute approximate surface area is 84.4 Å². The molecule has 0 aromatic heterocycles. The maximum absolute atomic E-state index is 11.2. The molecular formula is C10H18N2O2. The first-order valence-electron chi connectivity index (χ1n) is 5.27. The Morgan fingerprint density at radius 2 is 2.29 bits per heavy atom. The van der Waals surface area contributed by atoms with Gasteiger partial charge in [0.15, 0.2) is 6.29 Å². The van der Waals surface area contributed by atoms with Crippen LogP contribution in [0.25, 0.3) is 0 Å². The zero-order valence-corrected chi connectivity index (χ0v) is 8.58. The zero-order valence-electron chi connectivity index (χ0n) is 8.58. The maximum atomic E-state index is 11.2. The Bertz CT molecular complexity index is 206. The number of rotatable bonds is 6. The van der Waals surface area contributed by atoms with Crippen LogP contribution in [0, 0.1) is 5.92 Å². The number of Topliss-reactive ketones (excluding diaryl/α,β-unsaturated/α-hetero) is 1. The van der Waals surface area contributed by atoms with Gasteiger partial charge in [-0.15, -0.1) is 0 Å². The molecule has 0 bridgehead atoms. The van der Waals surface area contributed by atoms with E-state index in [-0.39, 0.29) is 17.7 Å². The van der Waals surface area contributed by atoms with Crippen molar-refractivity contribution in [2.75, 3.05) is 6.54 Å². The number of ketones is 1. The third-order valence-corrected chi connectivity index (χ3v) is 2.69. The van der Waals surface area contributed by atoms with Gasteiger partial charge in [0, 0.05) is 6.54 Å². The fraction of sp³-hybridized carbons (Fsp3) is 0.800. The van der Waals surface area contributed by atoms with Crippen LogP contribution in [0.4, 0.5) is 0 Å². The molecule has 1 saturated heterocycles. The van der Waals surface area contributed by atoms with E-state index in [9.17, 15) is 9.59 Å². The van der Waals surface area contributed by atoms with Gasteiger partial charge in [-0.05, 0) is 12.3 Å². The van der Waals surface area contributed by atoms with E-state index in [1.54, 1.807) is 0 Å². The Hall–Kier alpha value is -0.740. The molecule has 0 radical (unpaired) electrons. The van der Waals surface area contributed by atoms with Gasteiger partial charge in [0.05, 0.1) is 6.04 Å². The fourth-order valence-electron chi connectivity index (χ4n) is 1.84. The van der Waals surface area contributed by atoms with E-state index < -0.39 is 0 Å². The highest BCUT2D eigenvalue weighted by Crippen LogP contribution is 2.16. The van der Waals surface area contributed by atoms with Crippen molar-refractivity contribution in [3.05, 3.63) is 0 Å². The van der Waals surface area contributed by atoms with Crippen molar-refractivity contribution < 1.29 is 9.59 Å². The lowest BCUT2D eigenvalue weighted by molar-refractivity contribution is -0.131. The number of hydrazine groups is 1. The van der Waals surface area contributed by atoms with Crippen molar-refractivity contribution >= 4 is 12.1 Å². The van der Waals surface area contributed by atoms with Gasteiger partial charge in [-0.1, -0.05) is 26.2 Å². The van der Waals surface area contributed by atoms with E-state index in [1.807, 2.05) is 0 Å². The maximum Gasteiger partial charge on any atom is 0.213 e. The molecule has 4 nitrogen and oxygen atoms in total. The van der Waals surface area contributed by atoms with Crippen molar-refractivity contribution in [1.82, 2.24) is 10.9 Å². The molecule has 2 unspecified atom stereocenters. The van der Waals surface area contributed by atoms with E-state index in [4.69, 9.17) is 0 Å². The highest BCUT2D eigenvalue weighted by molar-refractivity contribution is 6.27. The molecule has 0 amide bonds. The van der Waals surface area contributed by atoms with Gasteiger partial charge in [-0.2, -0.15) is 0 Å². The Balaban J connectivity index is 2.35. The molecule has 0 aliphatic carbocycles. The summed E-state index contributed by atoms with van der Waals surface area (Å²) in [6, 6.07) is -0.302. The summed E-state index contributed by atoms with van der Waals surface area (Å²) in [4.78, 5) is 21.5. The van der Waals surface area contributed by atoms with Crippen LogP contribution < -0.4 is 10.9 Å². The summed E-state index contributed by atoms with van der Waals surface area (Å²) in [6.07, 6.45) is 4.93. The third kappa shape index (κ3) is 2.89. The first kappa shape index (κ1) is 11.3. The molecule has 4 heteroatoms. The molecule has 0 aromatic carbocycles. The minimum atomic E-state index is -0.337. The number of carbonyl (C=O) groups excluding carboxylic acids is 2. The van der Waals surface area contributed by atoms with E-state index in [0.717, 1.165) is 19.4 Å². The van der Waals surface area contributed by atoms with E-state index >= 15 is 0 Å². The van der Waals surface area contributed by atoms with Crippen molar-refractivity contribution in [2.24, 2.45) is 5.92 Å². The van der Waals surface area contributed by atoms with E-state index in [2.05, 4.69) is 17.8 Å². The van der Waals surface area contributed by atoms with Gasteiger partial charge in [0.25, 0.3) is 0 Å². The molecule has 0 saturated carbocycles. The summed E-state index contributed by atoms with van der Waals surface area (Å²) in [5.41, 5.74) is 5.79. The average Bonchev–Trinajstić information content (AvgIpc) is 2.65. The topological polar surface area (TPSA) is 58.2 Å². The van der Waals surface area contributed by atoms with E-state index in [1.165, 1.54) is 12.8 Å². The fourth-order valence-corrected chi connectivity index (χ4v) is 1.84. The monoisotopic (exact) mass is 198 g/mol. The minimum Gasteiger partial charge on any atom is -0.295 e. The zero-order chi connectivity index (χ0) is 10.4. The molecule has 14 heavy (non-hydrogen) atoms. The molecule has 0 spiro atoms. The summed E-state index contributed by atoms with van der Waals surface area (Å²) in [6.45, 7) is 2.94. The molecule has 1 fully saturated rings. The summed E-state index contributed by atoms with van der Waals surface area (Å²) in [7, 11) is 0. The van der Waals surface area contributed by atoms with Gasteiger partial charge in [0.2, 0.25) is 5.78 Å². The number of unbranched alkanes of at least 4 members (excludes halogenated alkanes) is 2. The molecule has 2 N–H and O–H groups in total. The molecule has 80 valence electrons. The predicted octanol–water partition coefficient (Wildman–Crippen LogP) is 0.427. The Morgan fingerprint density at radius 1 is 1.50 bits per heavy atom. The summed E-state index contributed by atoms with van der Waals surface area (Å²) >= 11 is 0. The van der Waals surface area contributed by atoms with Gasteiger partial charge in [0.1, 0.15) is 0 Å². The highest BCUT2D eigenvalue weighted by Gasteiger charge is 2.31. The van der Waals surface area contributed by atoms with Crippen LogP contribution in [0.15, 0.2) is 0 Å².